The minimum atomic E-state index is -0.364. The second kappa shape index (κ2) is 4.87. The molecule has 0 aromatic carbocycles. The summed E-state index contributed by atoms with van der Waals surface area (Å²) in [5, 5.41) is 4.15. The van der Waals surface area contributed by atoms with Crippen molar-refractivity contribution >= 4 is 0 Å². The number of methoxy groups -OCH3 is 1. The van der Waals surface area contributed by atoms with E-state index in [1.54, 1.807) is 7.11 Å². The lowest BCUT2D eigenvalue weighted by Gasteiger charge is -2.35. The van der Waals surface area contributed by atoms with E-state index in [1.165, 1.54) is 12.8 Å². The summed E-state index contributed by atoms with van der Waals surface area (Å²) < 4.78 is 11.1. The lowest BCUT2D eigenvalue weighted by Crippen LogP contribution is -2.34. The first-order chi connectivity index (χ1) is 9.14. The maximum atomic E-state index is 6.11. The van der Waals surface area contributed by atoms with Crippen LogP contribution in [0.2, 0.25) is 0 Å². The molecule has 2 aliphatic carbocycles. The van der Waals surface area contributed by atoms with E-state index in [9.17, 15) is 0 Å². The van der Waals surface area contributed by atoms with Crippen LogP contribution in [-0.4, -0.2) is 17.3 Å². The van der Waals surface area contributed by atoms with E-state index in [4.69, 9.17) is 15.0 Å². The molecule has 1 aromatic rings. The first kappa shape index (κ1) is 13.1. The van der Waals surface area contributed by atoms with Gasteiger partial charge in [0, 0.05) is 7.11 Å². The zero-order chi connectivity index (χ0) is 13.5. The van der Waals surface area contributed by atoms with Gasteiger partial charge in [0.25, 0.3) is 0 Å². The zero-order valence-corrected chi connectivity index (χ0v) is 11.8. The molecule has 1 aromatic heterocycles. The van der Waals surface area contributed by atoms with Crippen LogP contribution in [0.5, 0.6) is 0 Å². The summed E-state index contributed by atoms with van der Waals surface area (Å²) in [6.45, 7) is 2.28. The van der Waals surface area contributed by atoms with Gasteiger partial charge >= 0.3 is 0 Å². The minimum Gasteiger partial charge on any atom is -0.370 e. The van der Waals surface area contributed by atoms with Crippen LogP contribution in [0.3, 0.4) is 0 Å². The van der Waals surface area contributed by atoms with Crippen molar-refractivity contribution in [3.8, 4) is 0 Å². The second-order valence-corrected chi connectivity index (χ2v) is 6.20. The fraction of sp³-hybridized carbons (Fsp3) is 0.857. The van der Waals surface area contributed by atoms with Gasteiger partial charge < -0.3 is 15.0 Å². The Morgan fingerprint density at radius 2 is 2.00 bits per heavy atom. The average Bonchev–Trinajstić information content (AvgIpc) is 3.16. The predicted molar refractivity (Wildman–Crippen MR) is 70.3 cm³/mol. The highest BCUT2D eigenvalue weighted by atomic mass is 16.5. The maximum Gasteiger partial charge on any atom is 0.243 e. The van der Waals surface area contributed by atoms with Gasteiger partial charge in [-0.25, -0.2) is 0 Å². The molecular weight excluding hydrogens is 242 g/mol. The zero-order valence-electron chi connectivity index (χ0n) is 11.8. The molecule has 0 amide bonds. The van der Waals surface area contributed by atoms with Crippen molar-refractivity contribution in [2.45, 2.75) is 57.1 Å². The number of ether oxygens (including phenoxy) is 1. The normalized spacial score (nSPS) is 33.3. The number of hydrogen-bond donors (Lipinski definition) is 1. The number of aromatic nitrogens is 2. The molecule has 1 atom stereocenters. The molecule has 2 aliphatic rings. The standard InChI is InChI=1S/C14H23N3O2/c1-9-5-7-14(18-2,8-6-9)13-16-12(19-17-13)11(15)10-3-4-10/h9-11H,3-8,15H2,1-2H3. The van der Waals surface area contributed by atoms with Gasteiger partial charge in [-0.3, -0.25) is 0 Å². The van der Waals surface area contributed by atoms with Crippen molar-refractivity contribution in [3.05, 3.63) is 11.7 Å². The van der Waals surface area contributed by atoms with E-state index >= 15 is 0 Å². The van der Waals surface area contributed by atoms with Crippen LogP contribution in [0.4, 0.5) is 0 Å². The van der Waals surface area contributed by atoms with Crippen LogP contribution < -0.4 is 5.73 Å². The van der Waals surface area contributed by atoms with Gasteiger partial charge in [-0.2, -0.15) is 4.98 Å². The highest BCUT2D eigenvalue weighted by molar-refractivity contribution is 5.06. The Kier molecular flexibility index (Phi) is 3.35. The number of hydrogen-bond acceptors (Lipinski definition) is 5. The second-order valence-electron chi connectivity index (χ2n) is 6.20. The van der Waals surface area contributed by atoms with Crippen molar-refractivity contribution < 1.29 is 9.26 Å². The van der Waals surface area contributed by atoms with Crippen molar-refractivity contribution in [2.24, 2.45) is 17.6 Å². The van der Waals surface area contributed by atoms with E-state index in [0.29, 0.717) is 17.6 Å². The Morgan fingerprint density at radius 1 is 1.32 bits per heavy atom. The molecule has 0 saturated heterocycles. The molecule has 3 rings (SSSR count). The van der Waals surface area contributed by atoms with E-state index < -0.39 is 0 Å². The molecule has 2 saturated carbocycles. The first-order valence-electron chi connectivity index (χ1n) is 7.29. The van der Waals surface area contributed by atoms with E-state index in [-0.39, 0.29) is 11.6 Å². The predicted octanol–water partition coefficient (Wildman–Crippen LogP) is 2.53. The molecule has 5 heteroatoms. The quantitative estimate of drug-likeness (QED) is 0.905. The Bertz CT molecular complexity index is 434. The van der Waals surface area contributed by atoms with Gasteiger partial charge in [0.15, 0.2) is 0 Å². The number of rotatable bonds is 4. The lowest BCUT2D eigenvalue weighted by atomic mass is 9.79. The largest absolute Gasteiger partial charge is 0.370 e. The molecule has 19 heavy (non-hydrogen) atoms. The average molecular weight is 265 g/mol. The van der Waals surface area contributed by atoms with Gasteiger partial charge in [-0.05, 0) is 50.4 Å². The van der Waals surface area contributed by atoms with Crippen LogP contribution >= 0.6 is 0 Å². The maximum absolute atomic E-state index is 6.11. The summed E-state index contributed by atoms with van der Waals surface area (Å²) in [7, 11) is 1.74. The highest BCUT2D eigenvalue weighted by Crippen LogP contribution is 2.42. The summed E-state index contributed by atoms with van der Waals surface area (Å²) >= 11 is 0. The molecule has 0 bridgehead atoms. The Balaban J connectivity index is 1.79. The van der Waals surface area contributed by atoms with Crippen molar-refractivity contribution in [2.75, 3.05) is 7.11 Å². The van der Waals surface area contributed by atoms with Gasteiger partial charge in [0.1, 0.15) is 5.60 Å². The Labute approximate surface area is 113 Å². The van der Waals surface area contributed by atoms with Gasteiger partial charge in [-0.1, -0.05) is 12.1 Å². The molecule has 106 valence electrons. The molecule has 2 fully saturated rings. The minimum absolute atomic E-state index is 0.0994. The van der Waals surface area contributed by atoms with Crippen LogP contribution in [0, 0.1) is 11.8 Å². The topological polar surface area (TPSA) is 74.2 Å². The van der Waals surface area contributed by atoms with Gasteiger partial charge in [0.05, 0.1) is 6.04 Å². The van der Waals surface area contributed by atoms with Crippen LogP contribution in [0.15, 0.2) is 4.52 Å². The fourth-order valence-corrected chi connectivity index (χ4v) is 2.96. The molecule has 0 radical (unpaired) electrons. The molecule has 1 unspecified atom stereocenters. The van der Waals surface area contributed by atoms with E-state index in [2.05, 4.69) is 17.1 Å². The third-order valence-corrected chi connectivity index (χ3v) is 4.74. The molecule has 1 heterocycles. The molecular formula is C14H23N3O2. The van der Waals surface area contributed by atoms with Crippen LogP contribution in [0.1, 0.15) is 63.2 Å². The lowest BCUT2D eigenvalue weighted by molar-refractivity contribution is -0.0609. The molecule has 5 nitrogen and oxygen atoms in total. The highest BCUT2D eigenvalue weighted by Gasteiger charge is 2.41. The van der Waals surface area contributed by atoms with Crippen molar-refractivity contribution in [1.82, 2.24) is 10.1 Å². The summed E-state index contributed by atoms with van der Waals surface area (Å²) in [5.41, 5.74) is 5.75. The summed E-state index contributed by atoms with van der Waals surface area (Å²) in [6, 6.07) is -0.0994. The van der Waals surface area contributed by atoms with Crippen LogP contribution in [0.25, 0.3) is 0 Å². The Hall–Kier alpha value is -0.940. The summed E-state index contributed by atoms with van der Waals surface area (Å²) in [4.78, 5) is 4.54. The monoisotopic (exact) mass is 265 g/mol. The Morgan fingerprint density at radius 3 is 2.58 bits per heavy atom. The third-order valence-electron chi connectivity index (χ3n) is 4.74. The van der Waals surface area contributed by atoms with Crippen molar-refractivity contribution in [1.29, 1.82) is 0 Å². The van der Waals surface area contributed by atoms with E-state index in [1.807, 2.05) is 0 Å². The fourth-order valence-electron chi connectivity index (χ4n) is 2.96. The third kappa shape index (κ3) is 2.41. The van der Waals surface area contributed by atoms with Gasteiger partial charge in [-0.15, -0.1) is 0 Å². The van der Waals surface area contributed by atoms with E-state index in [0.717, 1.165) is 31.6 Å². The van der Waals surface area contributed by atoms with Crippen LogP contribution in [-0.2, 0) is 10.3 Å². The summed E-state index contributed by atoms with van der Waals surface area (Å²) in [5.74, 6) is 2.54. The number of nitrogens with zero attached hydrogens (tertiary/aromatic N) is 2. The van der Waals surface area contributed by atoms with Crippen molar-refractivity contribution in [3.63, 3.8) is 0 Å². The molecule has 0 aliphatic heterocycles. The molecule has 2 N–H and O–H groups in total. The SMILES string of the molecule is COC1(c2noc(C(N)C3CC3)n2)CCC(C)CC1. The smallest absolute Gasteiger partial charge is 0.243 e. The number of nitrogens with two attached hydrogens (primary N) is 1. The summed E-state index contributed by atoms with van der Waals surface area (Å²) in [6.07, 6.45) is 6.56. The molecule has 0 spiro atoms. The van der Waals surface area contributed by atoms with Gasteiger partial charge in [0.2, 0.25) is 11.7 Å². The first-order valence-corrected chi connectivity index (χ1v) is 7.29.